The fourth-order valence-corrected chi connectivity index (χ4v) is 6.26. The normalized spacial score (nSPS) is 26.9. The SMILES string of the molecule is NCC1=C\C=C/C=C\C=C(N2c3ccccc3C3C=CC(C4C=c5oc6ccccc6c5=CC4)=CC32)/C=C/C=C1. The summed E-state index contributed by atoms with van der Waals surface area (Å²) in [6.45, 7) is 0.509. The number of nitrogens with two attached hydrogens (primary N) is 1. The van der Waals surface area contributed by atoms with E-state index in [-0.39, 0.29) is 12.0 Å². The highest BCUT2D eigenvalue weighted by atomic mass is 16.3. The maximum absolute atomic E-state index is 6.25. The Labute approximate surface area is 235 Å². The fraction of sp³-hybridized carbons (Fsp3) is 0.135. The number of benzene rings is 2. The molecule has 3 aliphatic carbocycles. The van der Waals surface area contributed by atoms with E-state index in [2.05, 4.69) is 126 Å². The van der Waals surface area contributed by atoms with Crippen LogP contribution in [-0.2, 0) is 0 Å². The summed E-state index contributed by atoms with van der Waals surface area (Å²) in [6, 6.07) is 17.3. The molecule has 3 nitrogen and oxygen atoms in total. The van der Waals surface area contributed by atoms with Crippen molar-refractivity contribution in [3.05, 3.63) is 161 Å². The van der Waals surface area contributed by atoms with Gasteiger partial charge in [0.1, 0.15) is 11.0 Å². The van der Waals surface area contributed by atoms with Gasteiger partial charge in [0.05, 0.1) is 6.04 Å². The molecule has 40 heavy (non-hydrogen) atoms. The number of anilines is 1. The summed E-state index contributed by atoms with van der Waals surface area (Å²) < 4.78 is 6.25. The van der Waals surface area contributed by atoms with Crippen LogP contribution in [0.1, 0.15) is 17.9 Å². The first kappa shape index (κ1) is 24.4. The second-order valence-corrected chi connectivity index (χ2v) is 10.6. The van der Waals surface area contributed by atoms with Crippen molar-refractivity contribution in [3.8, 4) is 0 Å². The number of furan rings is 1. The minimum absolute atomic E-state index is 0.194. The van der Waals surface area contributed by atoms with Gasteiger partial charge in [-0.15, -0.1) is 0 Å². The van der Waals surface area contributed by atoms with E-state index in [4.69, 9.17) is 10.2 Å². The zero-order chi connectivity index (χ0) is 26.9. The van der Waals surface area contributed by atoms with Gasteiger partial charge in [-0.05, 0) is 53.5 Å². The Kier molecular flexibility index (Phi) is 6.43. The summed E-state index contributed by atoms with van der Waals surface area (Å²) in [5.41, 5.74) is 14.1. The quantitative estimate of drug-likeness (QED) is 0.429. The maximum atomic E-state index is 6.25. The van der Waals surface area contributed by atoms with Gasteiger partial charge in [-0.1, -0.05) is 109 Å². The number of allylic oxidation sites excluding steroid dienone is 11. The molecular weight excluding hydrogens is 488 g/mol. The van der Waals surface area contributed by atoms with E-state index >= 15 is 0 Å². The lowest BCUT2D eigenvalue weighted by atomic mass is 9.82. The lowest BCUT2D eigenvalue weighted by molar-refractivity contribution is 0.566. The average molecular weight is 521 g/mol. The van der Waals surface area contributed by atoms with Crippen molar-refractivity contribution in [3.63, 3.8) is 0 Å². The van der Waals surface area contributed by atoms with Crippen molar-refractivity contribution in [2.45, 2.75) is 18.4 Å². The van der Waals surface area contributed by atoms with Crippen LogP contribution in [0.3, 0.4) is 0 Å². The van der Waals surface area contributed by atoms with E-state index in [1.807, 2.05) is 18.2 Å². The number of fused-ring (bicyclic) bond motifs is 6. The van der Waals surface area contributed by atoms with Gasteiger partial charge in [0.25, 0.3) is 0 Å². The van der Waals surface area contributed by atoms with Crippen molar-refractivity contribution < 1.29 is 4.42 Å². The lowest BCUT2D eigenvalue weighted by Crippen LogP contribution is -2.33. The highest BCUT2D eigenvalue weighted by Crippen LogP contribution is 2.47. The summed E-state index contributed by atoms with van der Waals surface area (Å²) in [5, 5.41) is 2.43. The Morgan fingerprint density at radius 1 is 0.825 bits per heavy atom. The number of hydrogen-bond donors (Lipinski definition) is 1. The Bertz CT molecular complexity index is 1840. The van der Waals surface area contributed by atoms with E-state index in [1.165, 1.54) is 27.4 Å². The third-order valence-corrected chi connectivity index (χ3v) is 8.21. The summed E-state index contributed by atoms with van der Waals surface area (Å²) in [4.78, 5) is 2.49. The fourth-order valence-electron chi connectivity index (χ4n) is 6.26. The number of rotatable bonds is 3. The standard InChI is InChI=1S/C37H32N2O/c38-25-26-11-3-1-2-4-13-29(14-6-5-12-26)39-34-17-9-7-15-30(34)31-21-19-27(23-35(31)39)28-20-22-33-32-16-8-10-18-36(32)40-37(33)24-28/h1-19,21-24,28,31,35H,20,25,38H2/b2-1?,3-1-,4-2-,6-5?,11-3?,12-5?,13-4?,14-6+,26-11?,26-12?,29-13+,29-14?. The molecule has 0 fully saturated rings. The van der Waals surface area contributed by atoms with Crippen LogP contribution in [0.2, 0.25) is 0 Å². The van der Waals surface area contributed by atoms with Crippen molar-refractivity contribution in [2.75, 3.05) is 11.4 Å². The molecular formula is C37H32N2O. The zero-order valence-corrected chi connectivity index (χ0v) is 22.4. The molecule has 3 atom stereocenters. The summed E-state index contributed by atoms with van der Waals surface area (Å²) in [6.07, 6.45) is 33.8. The van der Waals surface area contributed by atoms with E-state index in [1.54, 1.807) is 0 Å². The molecule has 0 amide bonds. The molecule has 0 bridgehead atoms. The topological polar surface area (TPSA) is 42.4 Å². The monoisotopic (exact) mass is 520 g/mol. The van der Waals surface area contributed by atoms with Gasteiger partial charge in [-0.2, -0.15) is 0 Å². The van der Waals surface area contributed by atoms with Crippen LogP contribution in [0, 0.1) is 5.92 Å². The molecule has 7 rings (SSSR count). The van der Waals surface area contributed by atoms with Gasteiger partial charge in [0.2, 0.25) is 0 Å². The molecule has 1 aromatic heterocycles. The molecule has 1 aliphatic heterocycles. The first-order valence-corrected chi connectivity index (χ1v) is 14.1. The summed E-state index contributed by atoms with van der Waals surface area (Å²) in [7, 11) is 0. The molecule has 0 saturated heterocycles. The number of para-hydroxylation sites is 2. The summed E-state index contributed by atoms with van der Waals surface area (Å²) >= 11 is 0. The molecule has 0 saturated carbocycles. The van der Waals surface area contributed by atoms with E-state index in [9.17, 15) is 0 Å². The van der Waals surface area contributed by atoms with Crippen LogP contribution in [0.25, 0.3) is 23.1 Å². The van der Waals surface area contributed by atoms with E-state index in [0.717, 1.165) is 28.7 Å². The van der Waals surface area contributed by atoms with Crippen LogP contribution in [-0.4, -0.2) is 12.6 Å². The molecule has 4 aliphatic rings. The molecule has 3 aromatic rings. The summed E-state index contributed by atoms with van der Waals surface area (Å²) in [5.74, 6) is 0.585. The van der Waals surface area contributed by atoms with Crippen LogP contribution in [0.5, 0.6) is 0 Å². The number of nitrogens with zero attached hydrogens (tertiary/aromatic N) is 1. The van der Waals surface area contributed by atoms with Gasteiger partial charge >= 0.3 is 0 Å². The van der Waals surface area contributed by atoms with Gasteiger partial charge in [-0.25, -0.2) is 0 Å². The van der Waals surface area contributed by atoms with Gasteiger partial charge < -0.3 is 15.1 Å². The first-order valence-electron chi connectivity index (χ1n) is 14.1. The lowest BCUT2D eigenvalue weighted by Gasteiger charge is -2.32. The Balaban J connectivity index is 1.27. The molecule has 2 heterocycles. The molecule has 196 valence electrons. The first-order chi connectivity index (χ1) is 19.8. The minimum atomic E-state index is 0.194. The molecule has 0 radical (unpaired) electrons. The Morgan fingerprint density at radius 3 is 2.58 bits per heavy atom. The van der Waals surface area contributed by atoms with Gasteiger partial charge in [0.15, 0.2) is 0 Å². The maximum Gasteiger partial charge on any atom is 0.135 e. The predicted octanol–water partition coefficient (Wildman–Crippen LogP) is 6.49. The second kappa shape index (κ2) is 10.5. The smallest absolute Gasteiger partial charge is 0.135 e. The van der Waals surface area contributed by atoms with Crippen molar-refractivity contribution >= 4 is 28.8 Å². The Morgan fingerprint density at radius 2 is 1.65 bits per heavy atom. The molecule has 2 N–H and O–H groups in total. The van der Waals surface area contributed by atoms with Crippen molar-refractivity contribution in [2.24, 2.45) is 11.7 Å². The van der Waals surface area contributed by atoms with Crippen LogP contribution >= 0.6 is 0 Å². The zero-order valence-electron chi connectivity index (χ0n) is 22.4. The van der Waals surface area contributed by atoms with Crippen LogP contribution < -0.4 is 21.3 Å². The molecule has 3 unspecified atom stereocenters. The average Bonchev–Trinajstić information content (AvgIpc) is 3.52. The van der Waals surface area contributed by atoms with Crippen molar-refractivity contribution in [1.29, 1.82) is 0 Å². The molecule has 0 spiro atoms. The van der Waals surface area contributed by atoms with Crippen LogP contribution in [0.15, 0.2) is 149 Å². The largest absolute Gasteiger partial charge is 0.456 e. The van der Waals surface area contributed by atoms with Gasteiger partial charge in [-0.3, -0.25) is 0 Å². The Hall–Kier alpha value is -4.60. The van der Waals surface area contributed by atoms with E-state index < -0.39 is 0 Å². The second-order valence-electron chi connectivity index (χ2n) is 10.6. The highest BCUT2D eigenvalue weighted by Gasteiger charge is 2.38. The number of hydrogen-bond acceptors (Lipinski definition) is 3. The van der Waals surface area contributed by atoms with Crippen LogP contribution in [0.4, 0.5) is 5.69 Å². The third kappa shape index (κ3) is 4.39. The third-order valence-electron chi connectivity index (χ3n) is 8.21. The van der Waals surface area contributed by atoms with Crippen molar-refractivity contribution in [1.82, 2.24) is 0 Å². The minimum Gasteiger partial charge on any atom is -0.456 e. The van der Waals surface area contributed by atoms with E-state index in [0.29, 0.717) is 12.5 Å². The molecule has 3 heteroatoms. The van der Waals surface area contributed by atoms with Gasteiger partial charge in [0, 0.05) is 40.4 Å². The molecule has 2 aromatic carbocycles. The highest BCUT2D eigenvalue weighted by molar-refractivity contribution is 5.79. The predicted molar refractivity (Wildman–Crippen MR) is 167 cm³/mol.